The Balaban J connectivity index is 2.42. The SMILES string of the molecule is CS(=O)(=O)OCC(COS(C)(=O)=O)C(c1ccccc1)c1ccccc1. The smallest absolute Gasteiger partial charge is 0.264 e. The Morgan fingerprint density at radius 2 is 1.04 bits per heavy atom. The van der Waals surface area contributed by atoms with Gasteiger partial charge in [0, 0.05) is 11.8 Å². The minimum absolute atomic E-state index is 0.192. The molecule has 2 aromatic carbocycles. The first-order chi connectivity index (χ1) is 12.2. The summed E-state index contributed by atoms with van der Waals surface area (Å²) < 4.78 is 55.8. The highest BCUT2D eigenvalue weighted by molar-refractivity contribution is 7.86. The first-order valence-electron chi connectivity index (χ1n) is 7.94. The van der Waals surface area contributed by atoms with Gasteiger partial charge in [0.1, 0.15) is 0 Å². The fourth-order valence-electron chi connectivity index (χ4n) is 2.72. The summed E-state index contributed by atoms with van der Waals surface area (Å²) in [6.07, 6.45) is 1.92. The molecule has 2 rings (SSSR count). The molecular formula is C18H22O6S2. The molecule has 0 saturated carbocycles. The summed E-state index contributed by atoms with van der Waals surface area (Å²) in [4.78, 5) is 0. The van der Waals surface area contributed by atoms with Crippen LogP contribution in [0.3, 0.4) is 0 Å². The molecule has 8 heteroatoms. The van der Waals surface area contributed by atoms with Crippen LogP contribution >= 0.6 is 0 Å². The van der Waals surface area contributed by atoms with Crippen LogP contribution in [0, 0.1) is 5.92 Å². The van der Waals surface area contributed by atoms with Crippen LogP contribution in [-0.2, 0) is 28.6 Å². The molecule has 0 atom stereocenters. The van der Waals surface area contributed by atoms with Crippen LogP contribution in [0.25, 0.3) is 0 Å². The number of benzene rings is 2. The van der Waals surface area contributed by atoms with Crippen LogP contribution < -0.4 is 0 Å². The second kappa shape index (κ2) is 8.77. The van der Waals surface area contributed by atoms with E-state index >= 15 is 0 Å². The second-order valence-corrected chi connectivity index (χ2v) is 9.32. The van der Waals surface area contributed by atoms with E-state index < -0.39 is 26.2 Å². The molecule has 142 valence electrons. The van der Waals surface area contributed by atoms with Gasteiger partial charge in [0.15, 0.2) is 0 Å². The summed E-state index contributed by atoms with van der Waals surface area (Å²) in [7, 11) is -7.35. The van der Waals surface area contributed by atoms with Crippen LogP contribution in [-0.4, -0.2) is 42.6 Å². The van der Waals surface area contributed by atoms with Crippen molar-refractivity contribution < 1.29 is 25.2 Å². The molecular weight excluding hydrogens is 376 g/mol. The minimum Gasteiger partial charge on any atom is -0.270 e. The highest BCUT2D eigenvalue weighted by atomic mass is 32.2. The Morgan fingerprint density at radius 1 is 0.692 bits per heavy atom. The molecule has 0 saturated heterocycles. The van der Waals surface area contributed by atoms with Crippen LogP contribution in [0.5, 0.6) is 0 Å². The fraction of sp³-hybridized carbons (Fsp3) is 0.333. The van der Waals surface area contributed by atoms with E-state index in [1.54, 1.807) is 0 Å². The Hall–Kier alpha value is -1.74. The third kappa shape index (κ3) is 6.87. The van der Waals surface area contributed by atoms with Crippen molar-refractivity contribution in [2.75, 3.05) is 25.7 Å². The predicted octanol–water partition coefficient (Wildman–Crippen LogP) is 2.39. The average Bonchev–Trinajstić information content (AvgIpc) is 2.57. The van der Waals surface area contributed by atoms with E-state index in [2.05, 4.69) is 0 Å². The normalized spacial score (nSPS) is 12.6. The number of hydrogen-bond acceptors (Lipinski definition) is 6. The van der Waals surface area contributed by atoms with Crippen LogP contribution in [0.2, 0.25) is 0 Å². The van der Waals surface area contributed by atoms with Crippen LogP contribution in [0.1, 0.15) is 17.0 Å². The molecule has 2 aromatic rings. The van der Waals surface area contributed by atoms with Crippen LogP contribution in [0.15, 0.2) is 60.7 Å². The molecule has 0 N–H and O–H groups in total. The zero-order valence-electron chi connectivity index (χ0n) is 14.6. The van der Waals surface area contributed by atoms with E-state index in [0.29, 0.717) is 0 Å². The molecule has 0 aliphatic rings. The molecule has 6 nitrogen and oxygen atoms in total. The molecule has 0 aliphatic heterocycles. The van der Waals surface area contributed by atoms with Crippen molar-refractivity contribution in [1.29, 1.82) is 0 Å². The fourth-order valence-corrected chi connectivity index (χ4v) is 3.56. The lowest BCUT2D eigenvalue weighted by Gasteiger charge is -2.27. The average molecular weight is 399 g/mol. The molecule has 0 unspecified atom stereocenters. The molecule has 0 bridgehead atoms. The predicted molar refractivity (Wildman–Crippen MR) is 99.8 cm³/mol. The summed E-state index contributed by atoms with van der Waals surface area (Å²) >= 11 is 0. The van der Waals surface area contributed by atoms with Gasteiger partial charge in [-0.05, 0) is 11.1 Å². The largest absolute Gasteiger partial charge is 0.270 e. The highest BCUT2D eigenvalue weighted by Crippen LogP contribution is 2.33. The van der Waals surface area contributed by atoms with Gasteiger partial charge in [-0.2, -0.15) is 16.8 Å². The third-order valence-corrected chi connectivity index (χ3v) is 4.91. The summed E-state index contributed by atoms with van der Waals surface area (Å²) in [5, 5.41) is 0. The maximum atomic E-state index is 11.5. The first kappa shape index (κ1) is 20.6. The summed E-state index contributed by atoms with van der Waals surface area (Å²) in [5.41, 5.74) is 1.83. The first-order valence-corrected chi connectivity index (χ1v) is 11.6. The van der Waals surface area contributed by atoms with E-state index in [1.807, 2.05) is 60.7 Å². The van der Waals surface area contributed by atoms with Crippen molar-refractivity contribution in [1.82, 2.24) is 0 Å². The molecule has 0 radical (unpaired) electrons. The van der Waals surface area contributed by atoms with Gasteiger partial charge in [0.05, 0.1) is 25.7 Å². The molecule has 0 heterocycles. The molecule has 26 heavy (non-hydrogen) atoms. The second-order valence-electron chi connectivity index (χ2n) is 6.04. The van der Waals surface area contributed by atoms with Gasteiger partial charge in [0.2, 0.25) is 0 Å². The van der Waals surface area contributed by atoms with Gasteiger partial charge in [-0.1, -0.05) is 60.7 Å². The van der Waals surface area contributed by atoms with Gasteiger partial charge in [-0.3, -0.25) is 8.37 Å². The van der Waals surface area contributed by atoms with Gasteiger partial charge in [-0.15, -0.1) is 0 Å². The summed E-state index contributed by atoms with van der Waals surface area (Å²) in [6, 6.07) is 18.9. The summed E-state index contributed by atoms with van der Waals surface area (Å²) in [5.74, 6) is -0.815. The standard InChI is InChI=1S/C18H22O6S2/c1-25(19,20)23-13-17(14-24-26(2,21)22)18(15-9-5-3-6-10-15)16-11-7-4-8-12-16/h3-12,17-18H,13-14H2,1-2H3. The van der Waals surface area contributed by atoms with Crippen molar-refractivity contribution in [2.45, 2.75) is 5.92 Å². The minimum atomic E-state index is -3.68. The number of hydrogen-bond donors (Lipinski definition) is 0. The molecule has 0 aromatic heterocycles. The Bertz CT molecular complexity index is 818. The van der Waals surface area contributed by atoms with Crippen molar-refractivity contribution in [3.05, 3.63) is 71.8 Å². The third-order valence-electron chi connectivity index (χ3n) is 3.78. The van der Waals surface area contributed by atoms with E-state index in [4.69, 9.17) is 8.37 Å². The van der Waals surface area contributed by atoms with E-state index in [0.717, 1.165) is 23.6 Å². The molecule has 0 spiro atoms. The zero-order valence-corrected chi connectivity index (χ0v) is 16.2. The van der Waals surface area contributed by atoms with Gasteiger partial charge in [0.25, 0.3) is 20.2 Å². The van der Waals surface area contributed by atoms with Crippen LogP contribution in [0.4, 0.5) is 0 Å². The van der Waals surface area contributed by atoms with E-state index in [9.17, 15) is 16.8 Å². The Labute approximate surface area is 155 Å². The van der Waals surface area contributed by atoms with E-state index in [1.165, 1.54) is 0 Å². The maximum Gasteiger partial charge on any atom is 0.264 e. The van der Waals surface area contributed by atoms with Crippen molar-refractivity contribution >= 4 is 20.2 Å². The van der Waals surface area contributed by atoms with Gasteiger partial charge in [-0.25, -0.2) is 0 Å². The zero-order chi connectivity index (χ0) is 19.2. The quantitative estimate of drug-likeness (QED) is 0.603. The van der Waals surface area contributed by atoms with Gasteiger partial charge >= 0.3 is 0 Å². The molecule has 0 fully saturated rings. The lowest BCUT2D eigenvalue weighted by molar-refractivity contribution is 0.173. The topological polar surface area (TPSA) is 86.7 Å². The van der Waals surface area contributed by atoms with Crippen molar-refractivity contribution in [3.63, 3.8) is 0 Å². The Kier molecular flexibility index (Phi) is 6.94. The highest BCUT2D eigenvalue weighted by Gasteiger charge is 2.28. The lowest BCUT2D eigenvalue weighted by atomic mass is 9.81. The van der Waals surface area contributed by atoms with Crippen molar-refractivity contribution in [3.8, 4) is 0 Å². The monoisotopic (exact) mass is 398 g/mol. The maximum absolute atomic E-state index is 11.5. The van der Waals surface area contributed by atoms with Crippen molar-refractivity contribution in [2.24, 2.45) is 5.92 Å². The Morgan fingerprint density at radius 3 is 1.35 bits per heavy atom. The summed E-state index contributed by atoms with van der Waals surface area (Å²) in [6.45, 7) is -0.383. The molecule has 0 amide bonds. The molecule has 0 aliphatic carbocycles. The van der Waals surface area contributed by atoms with Gasteiger partial charge < -0.3 is 0 Å². The number of rotatable bonds is 9. The lowest BCUT2D eigenvalue weighted by Crippen LogP contribution is -2.27. The van der Waals surface area contributed by atoms with E-state index in [-0.39, 0.29) is 19.1 Å².